The molecule has 0 aliphatic carbocycles. The van der Waals surface area contributed by atoms with E-state index in [1.165, 1.54) is 0 Å². The number of fused-ring (bicyclic) bond motifs is 1. The summed E-state index contributed by atoms with van der Waals surface area (Å²) in [5, 5.41) is 0. The van der Waals surface area contributed by atoms with Gasteiger partial charge in [-0.2, -0.15) is 0 Å². The van der Waals surface area contributed by atoms with E-state index >= 15 is 0 Å². The van der Waals surface area contributed by atoms with Crippen LogP contribution < -0.4 is 5.69 Å². The summed E-state index contributed by atoms with van der Waals surface area (Å²) in [6.45, 7) is 2.25. The zero-order valence-corrected chi connectivity index (χ0v) is 10.7. The summed E-state index contributed by atoms with van der Waals surface area (Å²) in [7, 11) is 0. The van der Waals surface area contributed by atoms with Crippen molar-refractivity contribution >= 4 is 11.0 Å². The van der Waals surface area contributed by atoms with Crippen molar-refractivity contribution in [1.82, 2.24) is 9.13 Å². The topological polar surface area (TPSA) is 36.2 Å². The fourth-order valence-corrected chi connectivity index (χ4v) is 2.12. The Morgan fingerprint density at radius 2 is 1.84 bits per heavy atom. The highest BCUT2D eigenvalue weighted by Gasteiger charge is 2.11. The van der Waals surface area contributed by atoms with Crippen LogP contribution in [0.25, 0.3) is 11.0 Å². The van der Waals surface area contributed by atoms with Crippen molar-refractivity contribution in [3.05, 3.63) is 34.7 Å². The first-order valence-electron chi connectivity index (χ1n) is 6.19. The Bertz CT molecular complexity index is 604. The van der Waals surface area contributed by atoms with Crippen LogP contribution >= 0.6 is 0 Å². The van der Waals surface area contributed by atoms with E-state index in [0.717, 1.165) is 11.0 Å². The third kappa shape index (κ3) is 2.84. The summed E-state index contributed by atoms with van der Waals surface area (Å²) >= 11 is 0. The lowest BCUT2D eigenvalue weighted by molar-refractivity contribution is 0.0148. The minimum absolute atomic E-state index is 0.0992. The number of imidazole rings is 1. The highest BCUT2D eigenvalue weighted by Crippen LogP contribution is 2.12. The van der Waals surface area contributed by atoms with Crippen molar-refractivity contribution in [3.8, 4) is 0 Å². The van der Waals surface area contributed by atoms with Gasteiger partial charge in [0.1, 0.15) is 6.61 Å². The van der Waals surface area contributed by atoms with Crippen molar-refractivity contribution in [1.29, 1.82) is 0 Å². The number of hydrogen-bond acceptors (Lipinski definition) is 2. The number of hydrogen-bond donors (Lipinski definition) is 0. The van der Waals surface area contributed by atoms with Crippen molar-refractivity contribution in [3.63, 3.8) is 0 Å². The molecule has 2 rings (SSSR count). The van der Waals surface area contributed by atoms with Gasteiger partial charge in [-0.05, 0) is 19.1 Å². The van der Waals surface area contributed by atoms with E-state index in [2.05, 4.69) is 0 Å². The Kier molecular flexibility index (Phi) is 4.31. The second-order valence-corrected chi connectivity index (χ2v) is 4.13. The molecule has 0 saturated heterocycles. The predicted octanol–water partition coefficient (Wildman–Crippen LogP) is 2.10. The van der Waals surface area contributed by atoms with Crippen LogP contribution in [0.2, 0.25) is 0 Å². The quantitative estimate of drug-likeness (QED) is 0.754. The first kappa shape index (κ1) is 13.7. The zero-order chi connectivity index (χ0) is 13.8. The molecule has 0 fully saturated rings. The average molecular weight is 270 g/mol. The molecule has 0 radical (unpaired) electrons. The van der Waals surface area contributed by atoms with Crippen molar-refractivity contribution in [2.45, 2.75) is 26.4 Å². The molecule has 0 N–H and O–H groups in total. The maximum Gasteiger partial charge on any atom is 0.329 e. The molecule has 0 aliphatic rings. The van der Waals surface area contributed by atoms with E-state index in [0.29, 0.717) is 6.54 Å². The normalized spacial score (nSPS) is 11.6. The molecule has 0 saturated carbocycles. The average Bonchev–Trinajstić information content (AvgIpc) is 2.66. The van der Waals surface area contributed by atoms with Crippen LogP contribution in [0.3, 0.4) is 0 Å². The molecule has 0 spiro atoms. The van der Waals surface area contributed by atoms with Crippen LogP contribution in [0.15, 0.2) is 29.1 Å². The summed E-state index contributed by atoms with van der Waals surface area (Å²) in [5.41, 5.74) is 1.52. The minimum atomic E-state index is -2.48. The van der Waals surface area contributed by atoms with Crippen molar-refractivity contribution in [2.24, 2.45) is 0 Å². The summed E-state index contributed by atoms with van der Waals surface area (Å²) in [6, 6.07) is 7.43. The third-order valence-corrected chi connectivity index (χ3v) is 2.94. The molecule has 0 aliphatic heterocycles. The van der Waals surface area contributed by atoms with Gasteiger partial charge in [0.2, 0.25) is 0 Å². The second-order valence-electron chi connectivity index (χ2n) is 4.13. The molecule has 4 nitrogen and oxygen atoms in total. The molecule has 0 amide bonds. The first-order chi connectivity index (χ1) is 9.15. The van der Waals surface area contributed by atoms with Crippen LogP contribution in [0.1, 0.15) is 6.92 Å². The molecular weight excluding hydrogens is 254 g/mol. The van der Waals surface area contributed by atoms with Crippen LogP contribution in [0.5, 0.6) is 0 Å². The largest absolute Gasteiger partial charge is 0.374 e. The molecule has 1 aromatic heterocycles. The SMILES string of the molecule is CCn1c(=O)n(CCOCC(F)F)c2ccccc21. The smallest absolute Gasteiger partial charge is 0.329 e. The molecule has 0 atom stereocenters. The van der Waals surface area contributed by atoms with Gasteiger partial charge in [0.15, 0.2) is 0 Å². The molecule has 1 heterocycles. The van der Waals surface area contributed by atoms with E-state index in [-0.39, 0.29) is 18.8 Å². The maximum atomic E-state index is 12.2. The van der Waals surface area contributed by atoms with Gasteiger partial charge in [-0.3, -0.25) is 9.13 Å². The van der Waals surface area contributed by atoms with E-state index in [1.807, 2.05) is 31.2 Å². The molecule has 19 heavy (non-hydrogen) atoms. The van der Waals surface area contributed by atoms with E-state index in [4.69, 9.17) is 4.74 Å². The number of nitrogens with zero attached hydrogens (tertiary/aromatic N) is 2. The van der Waals surface area contributed by atoms with Gasteiger partial charge in [0.25, 0.3) is 6.43 Å². The van der Waals surface area contributed by atoms with E-state index in [1.54, 1.807) is 9.13 Å². The number of benzene rings is 1. The number of aromatic nitrogens is 2. The van der Waals surface area contributed by atoms with Crippen LogP contribution in [0.4, 0.5) is 8.78 Å². The number of aryl methyl sites for hydroxylation is 1. The lowest BCUT2D eigenvalue weighted by Gasteiger charge is -2.04. The molecule has 0 bridgehead atoms. The molecule has 6 heteroatoms. The molecule has 104 valence electrons. The monoisotopic (exact) mass is 270 g/mol. The Morgan fingerprint density at radius 1 is 1.21 bits per heavy atom. The van der Waals surface area contributed by atoms with E-state index < -0.39 is 13.0 Å². The van der Waals surface area contributed by atoms with Gasteiger partial charge in [0, 0.05) is 6.54 Å². The lowest BCUT2D eigenvalue weighted by atomic mass is 10.3. The first-order valence-corrected chi connectivity index (χ1v) is 6.19. The highest BCUT2D eigenvalue weighted by molar-refractivity contribution is 5.75. The lowest BCUT2D eigenvalue weighted by Crippen LogP contribution is -2.25. The summed E-state index contributed by atoms with van der Waals surface area (Å²) < 4.78 is 31.9. The number of rotatable bonds is 6. The molecule has 0 unspecified atom stereocenters. The number of para-hydroxylation sites is 2. The fraction of sp³-hybridized carbons (Fsp3) is 0.462. The van der Waals surface area contributed by atoms with E-state index in [9.17, 15) is 13.6 Å². The summed E-state index contributed by atoms with van der Waals surface area (Å²) in [4.78, 5) is 12.2. The maximum absolute atomic E-state index is 12.2. The van der Waals surface area contributed by atoms with Crippen LogP contribution in [-0.4, -0.2) is 28.8 Å². The van der Waals surface area contributed by atoms with Gasteiger partial charge in [-0.1, -0.05) is 12.1 Å². The zero-order valence-electron chi connectivity index (χ0n) is 10.7. The standard InChI is InChI=1S/C13H16F2N2O2/c1-2-16-10-5-3-4-6-11(10)17(13(16)18)7-8-19-9-12(14)15/h3-6,12H,2,7-9H2,1H3. The Balaban J connectivity index is 2.23. The van der Waals surface area contributed by atoms with Crippen molar-refractivity contribution in [2.75, 3.05) is 13.2 Å². The van der Waals surface area contributed by atoms with Gasteiger partial charge < -0.3 is 4.74 Å². The van der Waals surface area contributed by atoms with Crippen molar-refractivity contribution < 1.29 is 13.5 Å². The number of ether oxygens (including phenoxy) is 1. The molecule has 2 aromatic rings. The summed E-state index contributed by atoms with van der Waals surface area (Å²) in [6.07, 6.45) is -2.48. The Hall–Kier alpha value is -1.69. The molecular formula is C13H16F2N2O2. The van der Waals surface area contributed by atoms with Crippen LogP contribution in [0, 0.1) is 0 Å². The third-order valence-electron chi connectivity index (χ3n) is 2.94. The fourth-order valence-electron chi connectivity index (χ4n) is 2.12. The second kappa shape index (κ2) is 5.97. The Labute approximate surface area is 109 Å². The van der Waals surface area contributed by atoms with Gasteiger partial charge in [-0.15, -0.1) is 0 Å². The molecule has 1 aromatic carbocycles. The highest BCUT2D eigenvalue weighted by atomic mass is 19.3. The number of halogens is 2. The minimum Gasteiger partial charge on any atom is -0.374 e. The van der Waals surface area contributed by atoms with Crippen LogP contribution in [-0.2, 0) is 17.8 Å². The Morgan fingerprint density at radius 3 is 2.42 bits per heavy atom. The van der Waals surface area contributed by atoms with Gasteiger partial charge in [0.05, 0.1) is 24.2 Å². The number of alkyl halides is 2. The summed E-state index contributed by atoms with van der Waals surface area (Å²) in [5.74, 6) is 0. The predicted molar refractivity (Wildman–Crippen MR) is 68.7 cm³/mol. The van der Waals surface area contributed by atoms with Gasteiger partial charge in [-0.25, -0.2) is 13.6 Å². The van der Waals surface area contributed by atoms with Gasteiger partial charge >= 0.3 is 5.69 Å².